The average molecular weight is 427 g/mol. The van der Waals surface area contributed by atoms with Gasteiger partial charge in [0.05, 0.1) is 11.4 Å². The highest BCUT2D eigenvalue weighted by Gasteiger charge is 2.14. The van der Waals surface area contributed by atoms with Crippen molar-refractivity contribution in [1.82, 2.24) is 20.1 Å². The maximum atomic E-state index is 6.55. The first kappa shape index (κ1) is 21.5. The second-order valence-corrected chi connectivity index (χ2v) is 7.06. The van der Waals surface area contributed by atoms with E-state index in [4.69, 9.17) is 23.2 Å². The van der Waals surface area contributed by atoms with Gasteiger partial charge >= 0.3 is 0 Å². The highest BCUT2D eigenvalue weighted by Crippen LogP contribution is 2.25. The molecule has 0 unspecified atom stereocenters. The predicted octanol–water partition coefficient (Wildman–Crippen LogP) is 4.66. The molecule has 2 heterocycles. The summed E-state index contributed by atoms with van der Waals surface area (Å²) in [6.07, 6.45) is 1.88. The molecule has 0 amide bonds. The molecular weight excluding hydrogens is 405 g/mol. The van der Waals surface area contributed by atoms with E-state index in [1.54, 1.807) is 4.68 Å². The van der Waals surface area contributed by atoms with E-state index in [0.717, 1.165) is 28.3 Å². The molecule has 0 fully saturated rings. The number of hydrogen-bond donors (Lipinski definition) is 1. The van der Waals surface area contributed by atoms with Crippen LogP contribution in [0.3, 0.4) is 0 Å². The normalized spacial score (nSPS) is 10.6. The molecule has 0 saturated carbocycles. The molecule has 144 valence electrons. The summed E-state index contributed by atoms with van der Waals surface area (Å²) in [7, 11) is 3.95. The zero-order chi connectivity index (χ0) is 18.7. The molecule has 2 aromatic heterocycles. The van der Waals surface area contributed by atoms with Crippen molar-refractivity contribution in [3.8, 4) is 5.69 Å². The molecule has 8 heteroatoms. The van der Waals surface area contributed by atoms with Crippen molar-refractivity contribution in [2.75, 3.05) is 19.0 Å². The van der Waals surface area contributed by atoms with Crippen molar-refractivity contribution in [3.63, 3.8) is 0 Å². The van der Waals surface area contributed by atoms with Crippen molar-refractivity contribution >= 4 is 41.4 Å². The third-order valence-electron chi connectivity index (χ3n) is 4.07. The fourth-order valence-corrected chi connectivity index (χ4v) is 3.15. The van der Waals surface area contributed by atoms with Crippen LogP contribution in [0.15, 0.2) is 42.6 Å². The van der Waals surface area contributed by atoms with Gasteiger partial charge in [0.15, 0.2) is 0 Å². The minimum atomic E-state index is 0. The summed E-state index contributed by atoms with van der Waals surface area (Å²) in [6.45, 7) is 3.29. The molecule has 27 heavy (non-hydrogen) atoms. The molecule has 0 saturated heterocycles. The highest BCUT2D eigenvalue weighted by molar-refractivity contribution is 6.31. The second kappa shape index (κ2) is 9.42. The first-order valence-electron chi connectivity index (χ1n) is 8.28. The van der Waals surface area contributed by atoms with Gasteiger partial charge in [0.25, 0.3) is 0 Å². The summed E-state index contributed by atoms with van der Waals surface area (Å²) in [4.78, 5) is 6.40. The highest BCUT2D eigenvalue weighted by atomic mass is 35.5. The van der Waals surface area contributed by atoms with Crippen molar-refractivity contribution in [2.24, 2.45) is 0 Å². The van der Waals surface area contributed by atoms with Gasteiger partial charge in [0.2, 0.25) is 0 Å². The number of halogens is 3. The van der Waals surface area contributed by atoms with Crippen LogP contribution in [0.1, 0.15) is 16.8 Å². The van der Waals surface area contributed by atoms with Crippen LogP contribution in [0.2, 0.25) is 10.2 Å². The number of aryl methyl sites for hydroxylation is 1. The van der Waals surface area contributed by atoms with E-state index in [9.17, 15) is 0 Å². The van der Waals surface area contributed by atoms with Gasteiger partial charge in [-0.2, -0.15) is 5.10 Å². The monoisotopic (exact) mass is 425 g/mol. The summed E-state index contributed by atoms with van der Waals surface area (Å²) >= 11 is 12.6. The Hall–Kier alpha value is -1.79. The SMILES string of the molecule is Cc1nn(-c2cccc(Cl)c2)c(Cl)c1CNCc1ccc(N(C)C)nc1.Cl. The Bertz CT molecular complexity index is 891. The van der Waals surface area contributed by atoms with E-state index in [2.05, 4.69) is 21.5 Å². The fraction of sp³-hybridized carbons (Fsp3) is 0.263. The Kier molecular flexibility index (Phi) is 7.50. The third kappa shape index (κ3) is 5.14. The molecule has 0 aliphatic rings. The molecule has 0 radical (unpaired) electrons. The van der Waals surface area contributed by atoms with E-state index in [0.29, 0.717) is 23.3 Å². The maximum Gasteiger partial charge on any atom is 0.137 e. The number of rotatable bonds is 6. The van der Waals surface area contributed by atoms with Gasteiger partial charge in [-0.05, 0) is 36.8 Å². The van der Waals surface area contributed by atoms with Gasteiger partial charge in [-0.15, -0.1) is 12.4 Å². The number of aromatic nitrogens is 3. The number of pyridine rings is 1. The number of hydrogen-bond acceptors (Lipinski definition) is 4. The van der Waals surface area contributed by atoms with Gasteiger partial charge in [-0.3, -0.25) is 0 Å². The van der Waals surface area contributed by atoms with Gasteiger partial charge in [0, 0.05) is 44.0 Å². The minimum absolute atomic E-state index is 0. The summed E-state index contributed by atoms with van der Waals surface area (Å²) in [5, 5.41) is 9.20. The van der Waals surface area contributed by atoms with Crippen LogP contribution in [-0.4, -0.2) is 28.9 Å². The largest absolute Gasteiger partial charge is 0.363 e. The van der Waals surface area contributed by atoms with Gasteiger partial charge in [-0.1, -0.05) is 35.3 Å². The molecule has 0 atom stereocenters. The Morgan fingerprint density at radius 3 is 2.52 bits per heavy atom. The van der Waals surface area contributed by atoms with Crippen molar-refractivity contribution in [2.45, 2.75) is 20.0 Å². The van der Waals surface area contributed by atoms with Crippen molar-refractivity contribution < 1.29 is 0 Å². The van der Waals surface area contributed by atoms with E-state index >= 15 is 0 Å². The lowest BCUT2D eigenvalue weighted by Gasteiger charge is -2.11. The molecule has 5 nitrogen and oxygen atoms in total. The van der Waals surface area contributed by atoms with Crippen LogP contribution in [0, 0.1) is 6.92 Å². The molecule has 0 bridgehead atoms. The molecule has 1 N–H and O–H groups in total. The predicted molar refractivity (Wildman–Crippen MR) is 115 cm³/mol. The summed E-state index contributed by atoms with van der Waals surface area (Å²) < 4.78 is 1.72. The average Bonchev–Trinajstić information content (AvgIpc) is 2.90. The number of benzene rings is 1. The van der Waals surface area contributed by atoms with Crippen molar-refractivity contribution in [1.29, 1.82) is 0 Å². The fourth-order valence-electron chi connectivity index (χ4n) is 2.63. The van der Waals surface area contributed by atoms with Crippen molar-refractivity contribution in [3.05, 3.63) is 69.6 Å². The lowest BCUT2D eigenvalue weighted by Crippen LogP contribution is -2.14. The van der Waals surface area contributed by atoms with Crippen LogP contribution < -0.4 is 10.2 Å². The molecular formula is C19H22Cl3N5. The molecule has 0 spiro atoms. The van der Waals surface area contributed by atoms with Gasteiger partial charge < -0.3 is 10.2 Å². The standard InChI is InChI=1S/C19H21Cl2N5.ClH/c1-13-17(12-22-10-14-7-8-18(23-11-14)25(2)3)19(21)26(24-13)16-6-4-5-15(20)9-16;/h4-9,11,22H,10,12H2,1-3H3;1H. The Labute approximate surface area is 175 Å². The van der Waals surface area contributed by atoms with E-state index < -0.39 is 0 Å². The lowest BCUT2D eigenvalue weighted by atomic mass is 10.2. The first-order valence-corrected chi connectivity index (χ1v) is 9.04. The quantitative estimate of drug-likeness (QED) is 0.622. The van der Waals surface area contributed by atoms with Gasteiger partial charge in [-0.25, -0.2) is 9.67 Å². The molecule has 0 aliphatic carbocycles. The number of anilines is 1. The van der Waals surface area contributed by atoms with Crippen LogP contribution in [0.5, 0.6) is 0 Å². The zero-order valence-electron chi connectivity index (χ0n) is 15.4. The topological polar surface area (TPSA) is 46.0 Å². The Balaban J connectivity index is 0.00000261. The molecule has 3 aromatic rings. The first-order chi connectivity index (χ1) is 12.5. The van der Waals surface area contributed by atoms with Crippen LogP contribution >= 0.6 is 35.6 Å². The third-order valence-corrected chi connectivity index (χ3v) is 4.70. The van der Waals surface area contributed by atoms with Gasteiger partial charge in [0.1, 0.15) is 11.0 Å². The number of nitrogens with one attached hydrogen (secondary N) is 1. The van der Waals surface area contributed by atoms with Crippen LogP contribution in [0.4, 0.5) is 5.82 Å². The Morgan fingerprint density at radius 2 is 1.89 bits per heavy atom. The summed E-state index contributed by atoms with van der Waals surface area (Å²) in [6, 6.07) is 11.6. The van der Waals surface area contributed by atoms with E-state index in [-0.39, 0.29) is 12.4 Å². The smallest absolute Gasteiger partial charge is 0.137 e. The van der Waals surface area contributed by atoms with E-state index in [1.807, 2.05) is 62.4 Å². The summed E-state index contributed by atoms with van der Waals surface area (Å²) in [5.41, 5.74) is 3.83. The van der Waals surface area contributed by atoms with E-state index in [1.165, 1.54) is 0 Å². The van der Waals surface area contributed by atoms with Crippen LogP contribution in [0.25, 0.3) is 5.69 Å². The molecule has 3 rings (SSSR count). The Morgan fingerprint density at radius 1 is 1.11 bits per heavy atom. The number of nitrogens with zero attached hydrogens (tertiary/aromatic N) is 4. The lowest BCUT2D eigenvalue weighted by molar-refractivity contribution is 0.689. The molecule has 1 aromatic carbocycles. The maximum absolute atomic E-state index is 6.55. The minimum Gasteiger partial charge on any atom is -0.363 e. The second-order valence-electron chi connectivity index (χ2n) is 6.27. The summed E-state index contributed by atoms with van der Waals surface area (Å²) in [5.74, 6) is 0.940. The molecule has 0 aliphatic heterocycles. The zero-order valence-corrected chi connectivity index (χ0v) is 17.7. The van der Waals surface area contributed by atoms with Crippen LogP contribution in [-0.2, 0) is 13.1 Å².